The van der Waals surface area contributed by atoms with Gasteiger partial charge in [-0.05, 0) is 40.2 Å². The number of nitrogen functional groups attached to an aromatic ring is 1. The second-order valence-corrected chi connectivity index (χ2v) is 4.42. The maximum absolute atomic E-state index is 13.3. The fraction of sp³-hybridized carbons (Fsp3) is 0.0769. The number of rotatable bonds is 3. The van der Waals surface area contributed by atoms with E-state index in [1.807, 2.05) is 0 Å². The van der Waals surface area contributed by atoms with Gasteiger partial charge in [0.15, 0.2) is 0 Å². The van der Waals surface area contributed by atoms with Crippen LogP contribution in [0, 0.1) is 5.82 Å². The molecule has 2 N–H and O–H groups in total. The van der Waals surface area contributed by atoms with Crippen LogP contribution < -0.4 is 10.5 Å². The van der Waals surface area contributed by atoms with Crippen molar-refractivity contribution in [2.75, 3.05) is 5.73 Å². The molecule has 0 aliphatic rings. The van der Waals surface area contributed by atoms with Gasteiger partial charge < -0.3 is 10.5 Å². The molecule has 0 aromatic heterocycles. The van der Waals surface area contributed by atoms with Crippen LogP contribution in [-0.2, 0) is 6.61 Å². The Bertz CT molecular complexity index is 531. The van der Waals surface area contributed by atoms with Crippen LogP contribution in [0.2, 0.25) is 0 Å². The molecule has 0 aliphatic carbocycles. The molecule has 2 rings (SSSR count). The first-order valence-electron chi connectivity index (χ1n) is 5.08. The number of hydrogen-bond acceptors (Lipinski definition) is 2. The van der Waals surface area contributed by atoms with Gasteiger partial charge in [-0.15, -0.1) is 0 Å². The minimum atomic E-state index is -0.265. The number of ether oxygens (including phenoxy) is 1. The van der Waals surface area contributed by atoms with E-state index in [-0.39, 0.29) is 12.4 Å². The number of halogens is 2. The van der Waals surface area contributed by atoms with E-state index in [1.165, 1.54) is 6.07 Å². The van der Waals surface area contributed by atoms with Gasteiger partial charge in [0, 0.05) is 11.3 Å². The largest absolute Gasteiger partial charge is 0.488 e. The molecule has 2 nitrogen and oxygen atoms in total. The van der Waals surface area contributed by atoms with Gasteiger partial charge in [-0.3, -0.25) is 0 Å². The molecule has 17 heavy (non-hydrogen) atoms. The standard InChI is InChI=1S/C13H11BrFNO/c14-11-7-10(16)5-6-13(11)17-8-9-3-1-2-4-12(9)15/h1-7H,8,16H2. The monoisotopic (exact) mass is 295 g/mol. The molecule has 0 aliphatic heterocycles. The molecule has 4 heteroatoms. The zero-order chi connectivity index (χ0) is 12.3. The smallest absolute Gasteiger partial charge is 0.134 e. The molecule has 0 heterocycles. The molecule has 0 fully saturated rings. The average Bonchev–Trinajstić information content (AvgIpc) is 2.30. The molecule has 0 atom stereocenters. The summed E-state index contributed by atoms with van der Waals surface area (Å²) in [4.78, 5) is 0. The first-order valence-corrected chi connectivity index (χ1v) is 5.87. The minimum Gasteiger partial charge on any atom is -0.488 e. The van der Waals surface area contributed by atoms with Gasteiger partial charge in [0.1, 0.15) is 18.2 Å². The summed E-state index contributed by atoms with van der Waals surface area (Å²) in [7, 11) is 0. The maximum atomic E-state index is 13.3. The number of nitrogens with two attached hydrogens (primary N) is 1. The second-order valence-electron chi connectivity index (χ2n) is 3.57. The Morgan fingerprint density at radius 2 is 1.94 bits per heavy atom. The lowest BCUT2D eigenvalue weighted by molar-refractivity contribution is 0.298. The molecule has 2 aromatic rings. The van der Waals surface area contributed by atoms with Crippen LogP contribution in [0.5, 0.6) is 5.75 Å². The molecule has 0 radical (unpaired) electrons. The van der Waals surface area contributed by atoms with Crippen LogP contribution in [0.25, 0.3) is 0 Å². The van der Waals surface area contributed by atoms with E-state index in [2.05, 4.69) is 15.9 Å². The molecule has 2 aromatic carbocycles. The minimum absolute atomic E-state index is 0.190. The number of anilines is 1. The summed E-state index contributed by atoms with van der Waals surface area (Å²) in [5, 5.41) is 0. The lowest BCUT2D eigenvalue weighted by Gasteiger charge is -2.09. The van der Waals surface area contributed by atoms with Crippen molar-refractivity contribution in [1.82, 2.24) is 0 Å². The van der Waals surface area contributed by atoms with E-state index in [1.54, 1.807) is 36.4 Å². The quantitative estimate of drug-likeness (QED) is 0.875. The Hall–Kier alpha value is -1.55. The third-order valence-electron chi connectivity index (χ3n) is 2.30. The number of hydrogen-bond donors (Lipinski definition) is 1. The van der Waals surface area contributed by atoms with E-state index in [0.717, 1.165) is 4.47 Å². The van der Waals surface area contributed by atoms with Crippen molar-refractivity contribution in [3.05, 3.63) is 58.3 Å². The highest BCUT2D eigenvalue weighted by molar-refractivity contribution is 9.10. The first kappa shape index (κ1) is 11.9. The van der Waals surface area contributed by atoms with Crippen molar-refractivity contribution in [2.24, 2.45) is 0 Å². The van der Waals surface area contributed by atoms with Crippen molar-refractivity contribution < 1.29 is 9.13 Å². The van der Waals surface area contributed by atoms with E-state index in [4.69, 9.17) is 10.5 Å². The van der Waals surface area contributed by atoms with Crippen molar-refractivity contribution in [3.8, 4) is 5.75 Å². The van der Waals surface area contributed by atoms with Crippen molar-refractivity contribution >= 4 is 21.6 Å². The summed E-state index contributed by atoms with van der Waals surface area (Å²) in [5.74, 6) is 0.376. The predicted octanol–water partition coefficient (Wildman–Crippen LogP) is 3.75. The van der Waals surface area contributed by atoms with Gasteiger partial charge in [0.25, 0.3) is 0 Å². The Kier molecular flexibility index (Phi) is 3.64. The molecule has 88 valence electrons. The van der Waals surface area contributed by atoms with Crippen molar-refractivity contribution in [2.45, 2.75) is 6.61 Å². The fourth-order valence-corrected chi connectivity index (χ4v) is 1.92. The summed E-state index contributed by atoms with van der Waals surface area (Å²) >= 11 is 3.34. The van der Waals surface area contributed by atoms with Gasteiger partial charge in [-0.1, -0.05) is 18.2 Å². The molecular weight excluding hydrogens is 285 g/mol. The van der Waals surface area contributed by atoms with E-state index in [9.17, 15) is 4.39 Å². The van der Waals surface area contributed by atoms with Crippen LogP contribution in [-0.4, -0.2) is 0 Å². The van der Waals surface area contributed by atoms with E-state index < -0.39 is 0 Å². The lowest BCUT2D eigenvalue weighted by Crippen LogP contribution is -1.99. The summed E-state index contributed by atoms with van der Waals surface area (Å²) in [6.45, 7) is 0.190. The fourth-order valence-electron chi connectivity index (χ4n) is 1.41. The maximum Gasteiger partial charge on any atom is 0.134 e. The van der Waals surface area contributed by atoms with E-state index in [0.29, 0.717) is 17.0 Å². The van der Waals surface area contributed by atoms with Crippen LogP contribution in [0.3, 0.4) is 0 Å². The molecular formula is C13H11BrFNO. The first-order chi connectivity index (χ1) is 8.16. The topological polar surface area (TPSA) is 35.2 Å². The second kappa shape index (κ2) is 5.19. The Balaban J connectivity index is 2.10. The van der Waals surface area contributed by atoms with Crippen molar-refractivity contribution in [1.29, 1.82) is 0 Å². The van der Waals surface area contributed by atoms with Crippen molar-refractivity contribution in [3.63, 3.8) is 0 Å². The molecule has 0 unspecified atom stereocenters. The SMILES string of the molecule is Nc1ccc(OCc2ccccc2F)c(Br)c1. The highest BCUT2D eigenvalue weighted by Crippen LogP contribution is 2.27. The molecule has 0 spiro atoms. The van der Waals surface area contributed by atoms with Crippen LogP contribution in [0.4, 0.5) is 10.1 Å². The molecule has 0 amide bonds. The number of benzene rings is 2. The lowest BCUT2D eigenvalue weighted by atomic mass is 10.2. The highest BCUT2D eigenvalue weighted by Gasteiger charge is 2.04. The molecule has 0 saturated heterocycles. The Morgan fingerprint density at radius 1 is 1.18 bits per heavy atom. The molecule has 0 saturated carbocycles. The summed E-state index contributed by atoms with van der Waals surface area (Å²) in [6.07, 6.45) is 0. The van der Waals surface area contributed by atoms with Gasteiger partial charge in [-0.2, -0.15) is 0 Å². The predicted molar refractivity (Wildman–Crippen MR) is 69.3 cm³/mol. The Labute approximate surface area is 107 Å². The highest BCUT2D eigenvalue weighted by atomic mass is 79.9. The van der Waals surface area contributed by atoms with Crippen LogP contribution >= 0.6 is 15.9 Å². The zero-order valence-corrected chi connectivity index (χ0v) is 10.6. The van der Waals surface area contributed by atoms with Gasteiger partial charge >= 0.3 is 0 Å². The Morgan fingerprint density at radius 3 is 2.65 bits per heavy atom. The molecule has 0 bridgehead atoms. The summed E-state index contributed by atoms with van der Waals surface area (Å²) in [6, 6.07) is 11.8. The third kappa shape index (κ3) is 2.97. The zero-order valence-electron chi connectivity index (χ0n) is 8.99. The van der Waals surface area contributed by atoms with Gasteiger partial charge in [0.05, 0.1) is 4.47 Å². The van der Waals surface area contributed by atoms with Gasteiger partial charge in [-0.25, -0.2) is 4.39 Å². The summed E-state index contributed by atoms with van der Waals surface area (Å²) < 4.78 is 19.6. The van der Waals surface area contributed by atoms with Crippen LogP contribution in [0.1, 0.15) is 5.56 Å². The van der Waals surface area contributed by atoms with Gasteiger partial charge in [0.2, 0.25) is 0 Å². The summed E-state index contributed by atoms with van der Waals surface area (Å²) in [5.41, 5.74) is 6.79. The normalized spacial score (nSPS) is 10.2. The third-order valence-corrected chi connectivity index (χ3v) is 2.92. The average molecular weight is 296 g/mol. The van der Waals surface area contributed by atoms with E-state index >= 15 is 0 Å². The van der Waals surface area contributed by atoms with Crippen LogP contribution in [0.15, 0.2) is 46.9 Å².